The van der Waals surface area contributed by atoms with Crippen molar-refractivity contribution in [3.63, 3.8) is 0 Å². The number of carbonyl (C=O) groups excluding carboxylic acids is 2. The summed E-state index contributed by atoms with van der Waals surface area (Å²) in [6.45, 7) is 3.92. The van der Waals surface area contributed by atoms with E-state index in [0.717, 1.165) is 116 Å². The van der Waals surface area contributed by atoms with Gasteiger partial charge in [0.1, 0.15) is 6.61 Å². The number of hydrogen-bond donors (Lipinski definition) is 1. The lowest BCUT2D eigenvalue weighted by Gasteiger charge is -2.15. The fourth-order valence-electron chi connectivity index (χ4n) is 8.86. The standard InChI is InChI=1S/C73H120O5/c1-3-5-7-9-11-13-15-17-19-21-23-25-27-28-29-30-31-32-33-34-35-36-37-38-39-40-41-42-43-44-46-48-50-52-54-56-58-60-62-64-66-68-73(76)78-71(69-74)70-77-72(75)67-65-63-61-59-57-55-53-51-49-47-45-26-24-22-20-18-16-14-12-10-8-6-4-2/h5-8,11-14,17-20,23-26,28-29,31-32,34-35,37-38,71,74H,3-4,9-10,15-16,21-22,27,30,33,36,39-70H2,1-2H3/b7-5-,8-6-,13-11-,14-12-,19-17-,20-18-,25-23-,26-24-,29-28-,32-31-,35-34-,38-37-. The Balaban J connectivity index is 3.51. The average molecular weight is 1080 g/mol. The van der Waals surface area contributed by atoms with Crippen molar-refractivity contribution in [2.24, 2.45) is 0 Å². The maximum Gasteiger partial charge on any atom is 0.306 e. The van der Waals surface area contributed by atoms with Crippen LogP contribution in [0.4, 0.5) is 0 Å². The van der Waals surface area contributed by atoms with E-state index in [-0.39, 0.29) is 25.2 Å². The van der Waals surface area contributed by atoms with Crippen LogP contribution in [0.25, 0.3) is 0 Å². The van der Waals surface area contributed by atoms with Crippen molar-refractivity contribution in [2.75, 3.05) is 13.2 Å². The van der Waals surface area contributed by atoms with Gasteiger partial charge in [-0.15, -0.1) is 0 Å². The first-order valence-corrected chi connectivity index (χ1v) is 32.4. The van der Waals surface area contributed by atoms with E-state index >= 15 is 0 Å². The first-order valence-electron chi connectivity index (χ1n) is 32.4. The molecule has 0 heterocycles. The van der Waals surface area contributed by atoms with Crippen LogP contribution < -0.4 is 0 Å². The van der Waals surface area contributed by atoms with Gasteiger partial charge in [-0.3, -0.25) is 9.59 Å². The third-order valence-electron chi connectivity index (χ3n) is 13.6. The molecule has 5 heteroatoms. The maximum atomic E-state index is 12.3. The second kappa shape index (κ2) is 67.1. The second-order valence-electron chi connectivity index (χ2n) is 21.1. The van der Waals surface area contributed by atoms with Gasteiger partial charge in [0.25, 0.3) is 0 Å². The minimum Gasteiger partial charge on any atom is -0.462 e. The molecule has 0 aliphatic heterocycles. The SMILES string of the molecule is CC/C=C\C/C=C\C/C=C\C/C=C\C/C=C\C/C=C\C/C=C\C/C=C\CCCCCCCCCCCCCCCCCCC(=O)OC(CO)COC(=O)CCCCCCCCCCCC/C=C\C/C=C\C/C=C\C/C=C\CC. The van der Waals surface area contributed by atoms with Crippen LogP contribution in [0.2, 0.25) is 0 Å². The van der Waals surface area contributed by atoms with Gasteiger partial charge in [-0.2, -0.15) is 0 Å². The number of aliphatic hydroxyl groups excluding tert-OH is 1. The third kappa shape index (κ3) is 64.3. The molecule has 442 valence electrons. The minimum absolute atomic E-state index is 0.0731. The number of rotatable bonds is 58. The predicted octanol–water partition coefficient (Wildman–Crippen LogP) is 22.5. The van der Waals surface area contributed by atoms with Gasteiger partial charge in [-0.05, 0) is 116 Å². The molecule has 0 aromatic carbocycles. The minimum atomic E-state index is -0.783. The molecular weight excluding hydrogens is 957 g/mol. The molecule has 1 unspecified atom stereocenters. The van der Waals surface area contributed by atoms with E-state index in [2.05, 4.69) is 160 Å². The number of ether oxygens (including phenoxy) is 2. The Morgan fingerprint density at radius 1 is 0.295 bits per heavy atom. The molecule has 5 nitrogen and oxygen atoms in total. The highest BCUT2D eigenvalue weighted by Crippen LogP contribution is 2.16. The van der Waals surface area contributed by atoms with Crippen molar-refractivity contribution in [3.05, 3.63) is 146 Å². The molecule has 0 saturated heterocycles. The lowest BCUT2D eigenvalue weighted by atomic mass is 10.0. The largest absolute Gasteiger partial charge is 0.462 e. The first kappa shape index (κ1) is 73.8. The second-order valence-corrected chi connectivity index (χ2v) is 21.1. The van der Waals surface area contributed by atoms with E-state index in [0.29, 0.717) is 12.8 Å². The molecule has 0 radical (unpaired) electrons. The zero-order valence-corrected chi connectivity index (χ0v) is 50.6. The van der Waals surface area contributed by atoms with Crippen LogP contribution in [-0.2, 0) is 19.1 Å². The maximum absolute atomic E-state index is 12.3. The van der Waals surface area contributed by atoms with Gasteiger partial charge in [0.2, 0.25) is 0 Å². The van der Waals surface area contributed by atoms with Crippen LogP contribution in [0.5, 0.6) is 0 Å². The van der Waals surface area contributed by atoms with Gasteiger partial charge in [-0.25, -0.2) is 0 Å². The molecule has 0 aromatic rings. The Hall–Kier alpha value is -4.22. The summed E-state index contributed by atoms with van der Waals surface area (Å²) in [5, 5.41) is 9.68. The van der Waals surface area contributed by atoms with Crippen molar-refractivity contribution in [1.82, 2.24) is 0 Å². The molecule has 1 N–H and O–H groups in total. The molecule has 0 rings (SSSR count). The van der Waals surface area contributed by atoms with Crippen LogP contribution in [0, 0.1) is 0 Å². The van der Waals surface area contributed by atoms with E-state index < -0.39 is 6.10 Å². The summed E-state index contributed by atoms with van der Waals surface area (Å²) in [5.41, 5.74) is 0. The van der Waals surface area contributed by atoms with Gasteiger partial charge in [0.05, 0.1) is 6.61 Å². The lowest BCUT2D eigenvalue weighted by Crippen LogP contribution is -2.28. The summed E-state index contributed by atoms with van der Waals surface area (Å²) in [4.78, 5) is 24.6. The summed E-state index contributed by atoms with van der Waals surface area (Å²) in [6.07, 6.45) is 101. The number of allylic oxidation sites excluding steroid dienone is 24. The molecular formula is C73H120O5. The normalized spacial score (nSPS) is 13.2. The molecule has 0 aliphatic carbocycles. The van der Waals surface area contributed by atoms with Crippen LogP contribution >= 0.6 is 0 Å². The summed E-state index contributed by atoms with van der Waals surface area (Å²) in [7, 11) is 0. The van der Waals surface area contributed by atoms with Crippen molar-refractivity contribution in [3.8, 4) is 0 Å². The summed E-state index contributed by atoms with van der Waals surface area (Å²) in [6, 6.07) is 0. The number of hydrogen-bond acceptors (Lipinski definition) is 5. The van der Waals surface area contributed by atoms with Crippen LogP contribution in [0.15, 0.2) is 146 Å². The van der Waals surface area contributed by atoms with E-state index in [4.69, 9.17) is 9.47 Å². The van der Waals surface area contributed by atoms with Crippen molar-refractivity contribution in [2.45, 2.75) is 290 Å². The third-order valence-corrected chi connectivity index (χ3v) is 13.6. The van der Waals surface area contributed by atoms with E-state index in [1.807, 2.05) is 0 Å². The van der Waals surface area contributed by atoms with Crippen LogP contribution in [0.1, 0.15) is 284 Å². The monoisotopic (exact) mass is 1080 g/mol. The smallest absolute Gasteiger partial charge is 0.306 e. The number of esters is 2. The summed E-state index contributed by atoms with van der Waals surface area (Å²) in [5.74, 6) is -0.595. The first-order chi connectivity index (χ1) is 38.6. The predicted molar refractivity (Wildman–Crippen MR) is 343 cm³/mol. The molecule has 1 atom stereocenters. The van der Waals surface area contributed by atoms with Gasteiger partial charge in [-0.1, -0.05) is 301 Å². The molecule has 0 aromatic heterocycles. The van der Waals surface area contributed by atoms with Gasteiger partial charge in [0.15, 0.2) is 6.10 Å². The molecule has 0 bridgehead atoms. The van der Waals surface area contributed by atoms with Gasteiger partial charge in [0, 0.05) is 12.8 Å². The molecule has 0 aliphatic rings. The quantitative estimate of drug-likeness (QED) is 0.0373. The Morgan fingerprint density at radius 3 is 0.769 bits per heavy atom. The Bertz CT molecular complexity index is 1650. The van der Waals surface area contributed by atoms with Gasteiger partial charge < -0.3 is 14.6 Å². The zero-order valence-electron chi connectivity index (χ0n) is 50.6. The molecule has 0 spiro atoms. The van der Waals surface area contributed by atoms with E-state index in [1.54, 1.807) is 0 Å². The summed E-state index contributed by atoms with van der Waals surface area (Å²) >= 11 is 0. The fraction of sp³-hybridized carbons (Fsp3) is 0.644. The zero-order chi connectivity index (χ0) is 56.2. The van der Waals surface area contributed by atoms with Crippen molar-refractivity contribution < 1.29 is 24.2 Å². The van der Waals surface area contributed by atoms with Crippen LogP contribution in [0.3, 0.4) is 0 Å². The molecule has 78 heavy (non-hydrogen) atoms. The fourth-order valence-corrected chi connectivity index (χ4v) is 8.86. The topological polar surface area (TPSA) is 72.8 Å². The van der Waals surface area contributed by atoms with Gasteiger partial charge >= 0.3 is 11.9 Å². The molecule has 0 saturated carbocycles. The highest BCUT2D eigenvalue weighted by molar-refractivity contribution is 5.70. The highest BCUT2D eigenvalue weighted by Gasteiger charge is 2.16. The molecule has 0 fully saturated rings. The lowest BCUT2D eigenvalue weighted by molar-refractivity contribution is -0.161. The van der Waals surface area contributed by atoms with E-state index in [9.17, 15) is 14.7 Å². The number of carbonyl (C=O) groups is 2. The highest BCUT2D eigenvalue weighted by atomic mass is 16.6. The Kier molecular flexibility index (Phi) is 63.4. The Morgan fingerprint density at radius 2 is 0.513 bits per heavy atom. The van der Waals surface area contributed by atoms with Crippen molar-refractivity contribution >= 4 is 11.9 Å². The van der Waals surface area contributed by atoms with Crippen LogP contribution in [-0.4, -0.2) is 36.4 Å². The summed E-state index contributed by atoms with van der Waals surface area (Å²) < 4.78 is 10.7. The number of aliphatic hydroxyl groups is 1. The van der Waals surface area contributed by atoms with Crippen molar-refractivity contribution in [1.29, 1.82) is 0 Å². The number of unbranched alkanes of at least 4 members (excludes halogenated alkanes) is 26. The van der Waals surface area contributed by atoms with E-state index in [1.165, 1.54) is 141 Å². The average Bonchev–Trinajstić information content (AvgIpc) is 3.44. The molecule has 0 amide bonds. The Labute approximate surface area is 482 Å².